The van der Waals surface area contributed by atoms with Gasteiger partial charge in [-0.15, -0.1) is 0 Å². The molecular formula is C2H7FN2O2. The third-order valence-corrected chi connectivity index (χ3v) is 0.114. The molecule has 0 unspecified atom stereocenters. The lowest BCUT2D eigenvalue weighted by Gasteiger charge is -1.69. The number of halogens is 1. The molecule has 5 N–H and O–H groups in total. The Morgan fingerprint density at radius 1 is 1.71 bits per heavy atom. The highest BCUT2D eigenvalue weighted by Crippen LogP contribution is 1.60. The van der Waals surface area contributed by atoms with Crippen LogP contribution in [0.3, 0.4) is 0 Å². The van der Waals surface area contributed by atoms with Crippen LogP contribution in [-0.2, 0) is 4.79 Å². The smallest absolute Gasteiger partial charge is 0.335 e. The first-order chi connectivity index (χ1) is 3.27. The van der Waals surface area contributed by atoms with Crippen molar-refractivity contribution in [3.63, 3.8) is 0 Å². The van der Waals surface area contributed by atoms with Crippen molar-refractivity contribution in [2.75, 3.05) is 6.67 Å². The van der Waals surface area contributed by atoms with Crippen LogP contribution in [0.4, 0.5) is 4.39 Å². The number of rotatable bonds is 1. The summed E-state index contributed by atoms with van der Waals surface area (Å²) in [7, 11) is 0. The number of hydrogen-bond donors (Lipinski definition) is 3. The monoisotopic (exact) mass is 110 g/mol. The van der Waals surface area contributed by atoms with Crippen LogP contribution in [0.5, 0.6) is 0 Å². The second-order valence-corrected chi connectivity index (χ2v) is 0.527. The lowest BCUT2D eigenvalue weighted by atomic mass is 10.8. The van der Waals surface area contributed by atoms with E-state index in [2.05, 4.69) is 11.7 Å². The fourth-order valence-electron chi connectivity index (χ4n) is 0. The number of nitrogens with two attached hydrogens (primary N) is 2. The highest BCUT2D eigenvalue weighted by atomic mass is 19.1. The molecule has 0 saturated carbocycles. The van der Waals surface area contributed by atoms with Crippen LogP contribution < -0.4 is 11.7 Å². The van der Waals surface area contributed by atoms with Crippen molar-refractivity contribution in [1.29, 1.82) is 0 Å². The zero-order chi connectivity index (χ0) is 6.28. The van der Waals surface area contributed by atoms with E-state index >= 15 is 0 Å². The van der Waals surface area contributed by atoms with E-state index in [9.17, 15) is 4.39 Å². The first-order valence-electron chi connectivity index (χ1n) is 1.38. The highest BCUT2D eigenvalue weighted by Gasteiger charge is 1.85. The zero-order valence-corrected chi connectivity index (χ0v) is 3.60. The largest absolute Gasteiger partial charge is 0.479 e. The fraction of sp³-hybridized carbons (Fsp3) is 0.500. The maximum atomic E-state index is 10.5. The van der Waals surface area contributed by atoms with E-state index in [-0.39, 0.29) is 0 Å². The van der Waals surface area contributed by atoms with Gasteiger partial charge >= 0.3 is 5.97 Å². The Bertz CT molecular complexity index is 49.0. The average molecular weight is 110 g/mol. The third kappa shape index (κ3) is 33.7. The summed E-state index contributed by atoms with van der Waals surface area (Å²) in [5.41, 5.74) is 0. The maximum absolute atomic E-state index is 10.5. The van der Waals surface area contributed by atoms with Crippen molar-refractivity contribution >= 4 is 5.97 Å². The van der Waals surface area contributed by atoms with Crippen LogP contribution >= 0.6 is 0 Å². The van der Waals surface area contributed by atoms with E-state index in [1.807, 2.05) is 0 Å². The van der Waals surface area contributed by atoms with E-state index in [0.29, 0.717) is 0 Å². The minimum Gasteiger partial charge on any atom is -0.479 e. The Morgan fingerprint density at radius 2 is 1.86 bits per heavy atom. The Balaban J connectivity index is 0. The predicted octanol–water partition coefficient (Wildman–Crippen LogP) is -1.14. The fourth-order valence-corrected chi connectivity index (χ4v) is 0. The molecule has 0 spiro atoms. The van der Waals surface area contributed by atoms with Gasteiger partial charge in [0.2, 0.25) is 0 Å². The molecule has 0 atom stereocenters. The van der Waals surface area contributed by atoms with Gasteiger partial charge in [0, 0.05) is 0 Å². The molecule has 5 heteroatoms. The number of hydrazine groups is 1. The molecule has 0 bridgehead atoms. The molecule has 0 heterocycles. The van der Waals surface area contributed by atoms with Crippen molar-refractivity contribution in [1.82, 2.24) is 0 Å². The molecule has 0 rings (SSSR count). The topological polar surface area (TPSA) is 89.3 Å². The van der Waals surface area contributed by atoms with Crippen LogP contribution in [0.2, 0.25) is 0 Å². The molecule has 0 saturated heterocycles. The van der Waals surface area contributed by atoms with Gasteiger partial charge in [0.15, 0.2) is 6.67 Å². The number of aliphatic carboxylic acids is 1. The Kier molecular flexibility index (Phi) is 12.3. The van der Waals surface area contributed by atoms with Gasteiger partial charge in [-0.25, -0.2) is 9.18 Å². The van der Waals surface area contributed by atoms with Crippen LogP contribution in [0.15, 0.2) is 0 Å². The van der Waals surface area contributed by atoms with Gasteiger partial charge in [-0.2, -0.15) is 0 Å². The van der Waals surface area contributed by atoms with E-state index < -0.39 is 12.6 Å². The molecule has 0 aliphatic rings. The lowest BCUT2D eigenvalue weighted by molar-refractivity contribution is -0.137. The minimum absolute atomic E-state index is 1.28. The minimum atomic E-state index is -1.41. The van der Waals surface area contributed by atoms with Crippen molar-refractivity contribution < 1.29 is 14.3 Å². The summed E-state index contributed by atoms with van der Waals surface area (Å²) in [4.78, 5) is 8.99. The molecule has 0 fully saturated rings. The molecule has 4 nitrogen and oxygen atoms in total. The van der Waals surface area contributed by atoms with Gasteiger partial charge in [0.05, 0.1) is 0 Å². The van der Waals surface area contributed by atoms with E-state index in [0.717, 1.165) is 0 Å². The quantitative estimate of drug-likeness (QED) is 0.294. The second kappa shape index (κ2) is 9.01. The van der Waals surface area contributed by atoms with Crippen molar-refractivity contribution in [2.24, 2.45) is 11.7 Å². The van der Waals surface area contributed by atoms with Gasteiger partial charge in [0.25, 0.3) is 0 Å². The summed E-state index contributed by atoms with van der Waals surface area (Å²) in [6.07, 6.45) is 0. The molecule has 0 aromatic heterocycles. The Morgan fingerprint density at radius 3 is 1.86 bits per heavy atom. The van der Waals surface area contributed by atoms with E-state index in [4.69, 9.17) is 9.90 Å². The zero-order valence-electron chi connectivity index (χ0n) is 3.60. The van der Waals surface area contributed by atoms with Crippen molar-refractivity contribution in [3.05, 3.63) is 0 Å². The molecule has 7 heavy (non-hydrogen) atoms. The number of alkyl halides is 1. The second-order valence-electron chi connectivity index (χ2n) is 0.527. The Labute approximate surface area is 39.9 Å². The van der Waals surface area contributed by atoms with Gasteiger partial charge in [-0.3, -0.25) is 11.7 Å². The number of carbonyl (C=O) groups is 1. The first kappa shape index (κ1) is 9.58. The van der Waals surface area contributed by atoms with Crippen LogP contribution in [0.1, 0.15) is 0 Å². The Hall–Kier alpha value is -0.680. The molecule has 0 aliphatic carbocycles. The molecule has 0 radical (unpaired) electrons. The summed E-state index contributed by atoms with van der Waals surface area (Å²) in [5.74, 6) is 6.59. The van der Waals surface area contributed by atoms with Crippen molar-refractivity contribution in [2.45, 2.75) is 0 Å². The molecule has 0 aromatic carbocycles. The van der Waals surface area contributed by atoms with Crippen LogP contribution in [-0.4, -0.2) is 17.8 Å². The van der Waals surface area contributed by atoms with E-state index in [1.54, 1.807) is 0 Å². The maximum Gasteiger partial charge on any atom is 0.335 e. The average Bonchev–Trinajstić information content (AvgIpc) is 1.73. The highest BCUT2D eigenvalue weighted by molar-refractivity contribution is 5.67. The molecule has 0 amide bonds. The first-order valence-corrected chi connectivity index (χ1v) is 1.38. The normalized spacial score (nSPS) is 6.14. The van der Waals surface area contributed by atoms with Crippen LogP contribution in [0, 0.1) is 0 Å². The van der Waals surface area contributed by atoms with Crippen molar-refractivity contribution in [3.8, 4) is 0 Å². The number of carboxylic acid groups (broad SMARTS) is 1. The van der Waals surface area contributed by atoms with Gasteiger partial charge in [-0.1, -0.05) is 0 Å². The predicted molar refractivity (Wildman–Crippen MR) is 22.0 cm³/mol. The summed E-state index contributed by atoms with van der Waals surface area (Å²) in [6.45, 7) is -1.28. The lowest BCUT2D eigenvalue weighted by Crippen LogP contribution is -2.02. The summed E-state index contributed by atoms with van der Waals surface area (Å²) in [6, 6.07) is 0. The van der Waals surface area contributed by atoms with E-state index in [1.165, 1.54) is 0 Å². The summed E-state index contributed by atoms with van der Waals surface area (Å²) >= 11 is 0. The number of hydrogen-bond acceptors (Lipinski definition) is 3. The SMILES string of the molecule is NN.O=C(O)CF. The molecule has 0 aliphatic heterocycles. The van der Waals surface area contributed by atoms with Gasteiger partial charge in [-0.05, 0) is 0 Å². The summed E-state index contributed by atoms with van der Waals surface area (Å²) < 4.78 is 10.5. The molecule has 0 aromatic rings. The third-order valence-electron chi connectivity index (χ3n) is 0.114. The standard InChI is InChI=1S/C2H3FO2.H4N2/c3-1-2(4)5;1-2/h1H2,(H,4,5);1-2H2. The van der Waals surface area contributed by atoms with Gasteiger partial charge in [0.1, 0.15) is 0 Å². The van der Waals surface area contributed by atoms with Gasteiger partial charge < -0.3 is 5.11 Å². The number of carboxylic acids is 1. The molecular weight excluding hydrogens is 103 g/mol. The summed E-state index contributed by atoms with van der Waals surface area (Å²) in [5, 5.41) is 7.35. The van der Waals surface area contributed by atoms with Crippen LogP contribution in [0.25, 0.3) is 0 Å². The molecule has 44 valence electrons.